The molecule has 0 radical (unpaired) electrons. The van der Waals surface area contributed by atoms with Crippen LogP contribution in [-0.2, 0) is 14.4 Å². The maximum absolute atomic E-state index is 12.1. The Labute approximate surface area is 124 Å². The number of amides is 2. The summed E-state index contributed by atoms with van der Waals surface area (Å²) < 4.78 is 0. The van der Waals surface area contributed by atoms with Crippen molar-refractivity contribution in [3.05, 3.63) is 0 Å². The van der Waals surface area contributed by atoms with Crippen molar-refractivity contribution in [3.8, 4) is 0 Å². The summed E-state index contributed by atoms with van der Waals surface area (Å²) in [5.41, 5.74) is 0. The molecule has 2 aliphatic rings. The molecule has 1 aliphatic heterocycles. The summed E-state index contributed by atoms with van der Waals surface area (Å²) in [6.45, 7) is 1.37. The van der Waals surface area contributed by atoms with E-state index in [-0.39, 0.29) is 30.8 Å². The molecule has 2 rings (SSSR count). The Kier molecular flexibility index (Phi) is 5.17. The van der Waals surface area contributed by atoms with Gasteiger partial charge in [-0.05, 0) is 32.7 Å². The van der Waals surface area contributed by atoms with Gasteiger partial charge in [-0.2, -0.15) is 0 Å². The van der Waals surface area contributed by atoms with E-state index in [2.05, 4.69) is 5.32 Å². The molecule has 0 atom stereocenters. The minimum Gasteiger partial charge on any atom is -0.481 e. The molecule has 0 aromatic heterocycles. The highest BCUT2D eigenvalue weighted by atomic mass is 16.4. The second-order valence-corrected chi connectivity index (χ2v) is 6.01. The van der Waals surface area contributed by atoms with Crippen LogP contribution in [0.4, 0.5) is 0 Å². The van der Waals surface area contributed by atoms with Crippen LogP contribution in [-0.4, -0.2) is 72.0 Å². The molecule has 2 amide bonds. The van der Waals surface area contributed by atoms with Gasteiger partial charge < -0.3 is 15.3 Å². The number of rotatable bonds is 6. The molecule has 1 aliphatic carbocycles. The van der Waals surface area contributed by atoms with Crippen molar-refractivity contribution in [1.29, 1.82) is 0 Å². The van der Waals surface area contributed by atoms with E-state index in [0.29, 0.717) is 32.0 Å². The van der Waals surface area contributed by atoms with E-state index in [1.54, 1.807) is 16.8 Å². The summed E-state index contributed by atoms with van der Waals surface area (Å²) in [7, 11) is 1.74. The third-order valence-corrected chi connectivity index (χ3v) is 3.96. The van der Waals surface area contributed by atoms with Crippen LogP contribution in [0.5, 0.6) is 0 Å². The zero-order chi connectivity index (χ0) is 15.4. The monoisotopic (exact) mass is 297 g/mol. The van der Waals surface area contributed by atoms with Gasteiger partial charge in [0.2, 0.25) is 11.8 Å². The highest BCUT2D eigenvalue weighted by Gasteiger charge is 2.28. The van der Waals surface area contributed by atoms with Crippen molar-refractivity contribution in [1.82, 2.24) is 15.1 Å². The molecule has 7 nitrogen and oxygen atoms in total. The summed E-state index contributed by atoms with van der Waals surface area (Å²) in [5.74, 6) is -1.20. The number of hydrogen-bond donors (Lipinski definition) is 2. The molecule has 0 bridgehead atoms. The van der Waals surface area contributed by atoms with Gasteiger partial charge in [-0.25, -0.2) is 0 Å². The molecule has 1 heterocycles. The number of nitrogens with zero attached hydrogens (tertiary/aromatic N) is 2. The maximum atomic E-state index is 12.1. The molecule has 0 aromatic carbocycles. The van der Waals surface area contributed by atoms with Crippen LogP contribution in [0.25, 0.3) is 0 Å². The van der Waals surface area contributed by atoms with Crippen LogP contribution in [0, 0.1) is 5.92 Å². The fourth-order valence-electron chi connectivity index (χ4n) is 2.51. The highest BCUT2D eigenvalue weighted by Crippen LogP contribution is 2.18. The second kappa shape index (κ2) is 6.89. The first kappa shape index (κ1) is 15.8. The van der Waals surface area contributed by atoms with Gasteiger partial charge in [0.1, 0.15) is 0 Å². The number of carbonyl (C=O) groups excluding carboxylic acids is 2. The third kappa shape index (κ3) is 5.00. The Balaban J connectivity index is 1.68. The zero-order valence-electron chi connectivity index (χ0n) is 12.4. The molecule has 0 aromatic rings. The average Bonchev–Trinajstić information content (AvgIpc) is 3.22. The van der Waals surface area contributed by atoms with Gasteiger partial charge in [0, 0.05) is 19.1 Å². The number of likely N-dealkylation sites (tertiary alicyclic amines) is 1. The van der Waals surface area contributed by atoms with Crippen molar-refractivity contribution in [2.45, 2.75) is 31.7 Å². The molecular formula is C14H23N3O4. The smallest absolute Gasteiger partial charge is 0.306 e. The lowest BCUT2D eigenvalue weighted by molar-refractivity contribution is -0.146. The molecule has 118 valence electrons. The van der Waals surface area contributed by atoms with E-state index >= 15 is 0 Å². The fraction of sp³-hybridized carbons (Fsp3) is 0.786. The predicted octanol–water partition coefficient (Wildman–Crippen LogP) is -0.480. The molecule has 1 saturated heterocycles. The quantitative estimate of drug-likeness (QED) is 0.691. The minimum atomic E-state index is -0.782. The van der Waals surface area contributed by atoms with Gasteiger partial charge in [-0.3, -0.25) is 19.3 Å². The number of carboxylic acid groups (broad SMARTS) is 1. The number of nitrogens with one attached hydrogen (secondary N) is 1. The Bertz CT molecular complexity index is 414. The SMILES string of the molecule is CN(CC(=O)NC1CC1)CC(=O)N1CCC(C(=O)O)CC1. The van der Waals surface area contributed by atoms with E-state index in [1.807, 2.05) is 0 Å². The van der Waals surface area contributed by atoms with Gasteiger partial charge in [0.25, 0.3) is 0 Å². The van der Waals surface area contributed by atoms with Crippen LogP contribution in [0.15, 0.2) is 0 Å². The Morgan fingerprint density at radius 3 is 2.29 bits per heavy atom. The molecule has 2 N–H and O–H groups in total. The lowest BCUT2D eigenvalue weighted by Crippen LogP contribution is -2.46. The second-order valence-electron chi connectivity index (χ2n) is 6.01. The lowest BCUT2D eigenvalue weighted by Gasteiger charge is -2.31. The van der Waals surface area contributed by atoms with E-state index in [9.17, 15) is 14.4 Å². The van der Waals surface area contributed by atoms with Crippen LogP contribution in [0.1, 0.15) is 25.7 Å². The van der Waals surface area contributed by atoms with Crippen LogP contribution >= 0.6 is 0 Å². The first-order chi connectivity index (χ1) is 9.95. The molecule has 1 saturated carbocycles. The van der Waals surface area contributed by atoms with E-state index < -0.39 is 5.97 Å². The summed E-state index contributed by atoms with van der Waals surface area (Å²) >= 11 is 0. The minimum absolute atomic E-state index is 0.0411. The first-order valence-corrected chi connectivity index (χ1v) is 7.44. The predicted molar refractivity (Wildman–Crippen MR) is 75.6 cm³/mol. The van der Waals surface area contributed by atoms with Gasteiger partial charge >= 0.3 is 5.97 Å². The number of aliphatic carboxylic acids is 1. The van der Waals surface area contributed by atoms with E-state index in [4.69, 9.17) is 5.11 Å². The van der Waals surface area contributed by atoms with Gasteiger partial charge in [-0.15, -0.1) is 0 Å². The first-order valence-electron chi connectivity index (χ1n) is 7.44. The third-order valence-electron chi connectivity index (χ3n) is 3.96. The topological polar surface area (TPSA) is 90.0 Å². The van der Waals surface area contributed by atoms with E-state index in [0.717, 1.165) is 12.8 Å². The zero-order valence-corrected chi connectivity index (χ0v) is 12.4. The van der Waals surface area contributed by atoms with Crippen molar-refractivity contribution in [3.63, 3.8) is 0 Å². The van der Waals surface area contributed by atoms with Crippen molar-refractivity contribution in [2.75, 3.05) is 33.2 Å². The van der Waals surface area contributed by atoms with Gasteiger partial charge in [-0.1, -0.05) is 0 Å². The standard InChI is InChI=1S/C14H23N3O4/c1-16(8-12(18)15-11-2-3-11)9-13(19)17-6-4-10(5-7-17)14(20)21/h10-11H,2-9H2,1H3,(H,15,18)(H,20,21). The van der Waals surface area contributed by atoms with Crippen LogP contribution < -0.4 is 5.32 Å². The number of carboxylic acids is 1. The Hall–Kier alpha value is -1.63. The number of likely N-dealkylation sites (N-methyl/N-ethyl adjacent to an activating group) is 1. The molecule has 2 fully saturated rings. The molecule has 21 heavy (non-hydrogen) atoms. The van der Waals surface area contributed by atoms with Gasteiger partial charge in [0.15, 0.2) is 0 Å². The molecule has 0 unspecified atom stereocenters. The number of hydrogen-bond acceptors (Lipinski definition) is 4. The Morgan fingerprint density at radius 1 is 1.14 bits per heavy atom. The average molecular weight is 297 g/mol. The summed E-state index contributed by atoms with van der Waals surface area (Å²) in [6.07, 6.45) is 3.11. The fourth-order valence-corrected chi connectivity index (χ4v) is 2.51. The van der Waals surface area contributed by atoms with Crippen LogP contribution in [0.3, 0.4) is 0 Å². The van der Waals surface area contributed by atoms with E-state index in [1.165, 1.54) is 0 Å². The van der Waals surface area contributed by atoms with Crippen molar-refractivity contribution >= 4 is 17.8 Å². The summed E-state index contributed by atoms with van der Waals surface area (Å²) in [6, 6.07) is 0.330. The molecule has 0 spiro atoms. The lowest BCUT2D eigenvalue weighted by atomic mass is 9.97. The normalized spacial score (nSPS) is 19.6. The van der Waals surface area contributed by atoms with Crippen molar-refractivity contribution in [2.24, 2.45) is 5.92 Å². The summed E-state index contributed by atoms with van der Waals surface area (Å²) in [4.78, 5) is 38.0. The van der Waals surface area contributed by atoms with Crippen molar-refractivity contribution < 1.29 is 19.5 Å². The molecule has 7 heteroatoms. The highest BCUT2D eigenvalue weighted by molar-refractivity contribution is 5.81. The van der Waals surface area contributed by atoms with Gasteiger partial charge in [0.05, 0.1) is 19.0 Å². The maximum Gasteiger partial charge on any atom is 0.306 e. The largest absolute Gasteiger partial charge is 0.481 e. The van der Waals surface area contributed by atoms with Crippen LogP contribution in [0.2, 0.25) is 0 Å². The summed E-state index contributed by atoms with van der Waals surface area (Å²) in [5, 5.41) is 11.8. The molecular weight excluding hydrogens is 274 g/mol. The number of carbonyl (C=O) groups is 3. The Morgan fingerprint density at radius 2 is 1.76 bits per heavy atom. The number of piperidine rings is 1.